The summed E-state index contributed by atoms with van der Waals surface area (Å²) in [5.41, 5.74) is 2.27. The highest BCUT2D eigenvalue weighted by atomic mass is 16.5. The van der Waals surface area contributed by atoms with E-state index < -0.39 is 0 Å². The van der Waals surface area contributed by atoms with Crippen molar-refractivity contribution in [3.8, 4) is 0 Å². The van der Waals surface area contributed by atoms with E-state index >= 15 is 0 Å². The lowest BCUT2D eigenvalue weighted by atomic mass is 9.90. The van der Waals surface area contributed by atoms with Crippen LogP contribution in [-0.4, -0.2) is 70.2 Å². The molecule has 3 heterocycles. The van der Waals surface area contributed by atoms with Gasteiger partial charge in [-0.05, 0) is 38.8 Å². The number of piperidine rings is 1. The number of nitrogens with one attached hydrogen (secondary N) is 1. The summed E-state index contributed by atoms with van der Waals surface area (Å²) in [7, 11) is 0. The predicted octanol–water partition coefficient (Wildman–Crippen LogP) is 2.68. The molecule has 0 bridgehead atoms. The third-order valence-electron chi connectivity index (χ3n) is 5.82. The minimum Gasteiger partial charge on any atom is -0.372 e. The Hall–Kier alpha value is -2.67. The molecule has 0 spiro atoms. The topological polar surface area (TPSA) is 78.5 Å². The molecule has 2 amide bonds. The lowest BCUT2D eigenvalue weighted by Gasteiger charge is -2.36. The van der Waals surface area contributed by atoms with E-state index in [-0.39, 0.29) is 29.9 Å². The van der Waals surface area contributed by atoms with Crippen LogP contribution in [0.4, 0.5) is 0 Å². The normalized spacial score (nSPS) is 23.2. The summed E-state index contributed by atoms with van der Waals surface area (Å²) < 4.78 is 5.75. The molecular weight excluding hydrogens is 368 g/mol. The maximum atomic E-state index is 13.1. The SMILES string of the molecule is CC1CN(C(=O)c2cn[nH]c2C2CCN(C(=O)c3ccccc3)CC2)CC(C)O1. The van der Waals surface area contributed by atoms with Gasteiger partial charge in [0.15, 0.2) is 0 Å². The molecule has 2 aromatic rings. The van der Waals surface area contributed by atoms with Gasteiger partial charge >= 0.3 is 0 Å². The van der Waals surface area contributed by atoms with E-state index in [9.17, 15) is 9.59 Å². The molecule has 2 unspecified atom stereocenters. The number of aromatic nitrogens is 2. The van der Waals surface area contributed by atoms with Gasteiger partial charge in [-0.15, -0.1) is 0 Å². The number of hydrogen-bond acceptors (Lipinski definition) is 4. The first kappa shape index (κ1) is 19.6. The van der Waals surface area contributed by atoms with E-state index in [0.29, 0.717) is 31.7 Å². The Morgan fingerprint density at radius 1 is 1.00 bits per heavy atom. The Morgan fingerprint density at radius 2 is 1.66 bits per heavy atom. The van der Waals surface area contributed by atoms with Crippen LogP contribution in [0, 0.1) is 0 Å². The van der Waals surface area contributed by atoms with Gasteiger partial charge in [-0.1, -0.05) is 18.2 Å². The molecule has 2 fully saturated rings. The van der Waals surface area contributed by atoms with E-state index in [1.807, 2.05) is 54.0 Å². The van der Waals surface area contributed by atoms with E-state index in [2.05, 4.69) is 10.2 Å². The van der Waals surface area contributed by atoms with Crippen LogP contribution in [0.3, 0.4) is 0 Å². The number of benzene rings is 1. The number of carbonyl (C=O) groups excluding carboxylic acids is 2. The summed E-state index contributed by atoms with van der Waals surface area (Å²) in [5, 5.41) is 7.23. The largest absolute Gasteiger partial charge is 0.372 e. The standard InChI is InChI=1S/C22H28N4O3/c1-15-13-26(14-16(2)29-15)22(28)19-12-23-24-20(19)17-8-10-25(11-9-17)21(27)18-6-4-3-5-7-18/h3-7,12,15-17H,8-11,13-14H2,1-2H3,(H,23,24). The first-order chi connectivity index (χ1) is 14.0. The van der Waals surface area contributed by atoms with Gasteiger partial charge in [0.25, 0.3) is 11.8 Å². The van der Waals surface area contributed by atoms with Crippen LogP contribution < -0.4 is 0 Å². The smallest absolute Gasteiger partial charge is 0.257 e. The predicted molar refractivity (Wildman–Crippen MR) is 109 cm³/mol. The Morgan fingerprint density at radius 3 is 2.31 bits per heavy atom. The number of amides is 2. The average Bonchev–Trinajstić information content (AvgIpc) is 3.22. The van der Waals surface area contributed by atoms with Gasteiger partial charge in [0.2, 0.25) is 0 Å². The van der Waals surface area contributed by atoms with Gasteiger partial charge in [0, 0.05) is 37.7 Å². The van der Waals surface area contributed by atoms with Gasteiger partial charge in [-0.25, -0.2) is 0 Å². The van der Waals surface area contributed by atoms with Gasteiger partial charge in [-0.3, -0.25) is 14.7 Å². The van der Waals surface area contributed by atoms with Crippen molar-refractivity contribution in [2.45, 2.75) is 44.8 Å². The van der Waals surface area contributed by atoms with Crippen molar-refractivity contribution in [1.29, 1.82) is 0 Å². The van der Waals surface area contributed by atoms with Crippen molar-refractivity contribution in [3.05, 3.63) is 53.3 Å². The summed E-state index contributed by atoms with van der Waals surface area (Å²) in [4.78, 5) is 29.5. The number of H-pyrrole nitrogens is 1. The minimum atomic E-state index is 0.0125. The Labute approximate surface area is 171 Å². The second-order valence-electron chi connectivity index (χ2n) is 8.10. The van der Waals surface area contributed by atoms with Crippen LogP contribution in [0.25, 0.3) is 0 Å². The molecule has 7 nitrogen and oxygen atoms in total. The molecule has 2 atom stereocenters. The first-order valence-electron chi connectivity index (χ1n) is 10.3. The molecule has 0 radical (unpaired) electrons. The van der Waals surface area contributed by atoms with Gasteiger partial charge in [0.1, 0.15) is 0 Å². The maximum absolute atomic E-state index is 13.1. The number of aromatic amines is 1. The molecule has 2 aliphatic rings. The van der Waals surface area contributed by atoms with E-state index in [4.69, 9.17) is 4.74 Å². The van der Waals surface area contributed by atoms with Crippen molar-refractivity contribution in [2.24, 2.45) is 0 Å². The van der Waals surface area contributed by atoms with Crippen LogP contribution in [0.1, 0.15) is 59.0 Å². The molecule has 1 N–H and O–H groups in total. The monoisotopic (exact) mass is 396 g/mol. The maximum Gasteiger partial charge on any atom is 0.257 e. The highest BCUT2D eigenvalue weighted by Crippen LogP contribution is 2.30. The molecular formula is C22H28N4O3. The van der Waals surface area contributed by atoms with Gasteiger partial charge in [-0.2, -0.15) is 5.10 Å². The quantitative estimate of drug-likeness (QED) is 0.865. The fourth-order valence-corrected chi connectivity index (χ4v) is 4.43. The molecule has 154 valence electrons. The summed E-state index contributed by atoms with van der Waals surface area (Å²) in [6, 6.07) is 9.39. The summed E-state index contributed by atoms with van der Waals surface area (Å²) in [5.74, 6) is 0.284. The first-order valence-corrected chi connectivity index (χ1v) is 10.3. The summed E-state index contributed by atoms with van der Waals surface area (Å²) >= 11 is 0. The number of hydrogen-bond donors (Lipinski definition) is 1. The third kappa shape index (κ3) is 4.19. The van der Waals surface area contributed by atoms with Gasteiger partial charge < -0.3 is 14.5 Å². The van der Waals surface area contributed by atoms with Gasteiger partial charge in [0.05, 0.1) is 29.7 Å². The summed E-state index contributed by atoms with van der Waals surface area (Å²) in [6.45, 7) is 6.53. The zero-order valence-corrected chi connectivity index (χ0v) is 17.0. The van der Waals surface area contributed by atoms with Crippen LogP contribution in [0.5, 0.6) is 0 Å². The number of rotatable bonds is 3. The Bertz CT molecular complexity index is 848. The zero-order chi connectivity index (χ0) is 20.4. The molecule has 2 aliphatic heterocycles. The van der Waals surface area contributed by atoms with E-state index in [1.165, 1.54) is 0 Å². The number of ether oxygens (including phenoxy) is 1. The molecule has 29 heavy (non-hydrogen) atoms. The molecule has 2 saturated heterocycles. The molecule has 1 aromatic carbocycles. The van der Waals surface area contributed by atoms with Crippen molar-refractivity contribution < 1.29 is 14.3 Å². The zero-order valence-electron chi connectivity index (χ0n) is 17.0. The van der Waals surface area contributed by atoms with Crippen LogP contribution in [-0.2, 0) is 4.74 Å². The second-order valence-corrected chi connectivity index (χ2v) is 8.10. The molecule has 7 heteroatoms. The molecule has 0 aliphatic carbocycles. The second kappa shape index (κ2) is 8.37. The van der Waals surface area contributed by atoms with Crippen LogP contribution in [0.15, 0.2) is 36.5 Å². The fraction of sp³-hybridized carbons (Fsp3) is 0.500. The van der Waals surface area contributed by atoms with Crippen molar-refractivity contribution in [3.63, 3.8) is 0 Å². The highest BCUT2D eigenvalue weighted by molar-refractivity contribution is 5.95. The van der Waals surface area contributed by atoms with Crippen LogP contribution in [0.2, 0.25) is 0 Å². The van der Waals surface area contributed by atoms with E-state index in [0.717, 1.165) is 24.1 Å². The number of morpholine rings is 1. The average molecular weight is 396 g/mol. The lowest BCUT2D eigenvalue weighted by Crippen LogP contribution is -2.48. The molecule has 0 saturated carbocycles. The third-order valence-corrected chi connectivity index (χ3v) is 5.82. The number of likely N-dealkylation sites (tertiary alicyclic amines) is 1. The van der Waals surface area contributed by atoms with Crippen molar-refractivity contribution in [1.82, 2.24) is 20.0 Å². The molecule has 1 aromatic heterocycles. The number of carbonyl (C=O) groups is 2. The Kier molecular flexibility index (Phi) is 5.67. The molecule has 4 rings (SSSR count). The fourth-order valence-electron chi connectivity index (χ4n) is 4.43. The Balaban J connectivity index is 1.42. The lowest BCUT2D eigenvalue weighted by molar-refractivity contribution is -0.0586. The number of nitrogens with zero attached hydrogens (tertiary/aromatic N) is 3. The van der Waals surface area contributed by atoms with Crippen molar-refractivity contribution >= 4 is 11.8 Å². The summed E-state index contributed by atoms with van der Waals surface area (Å²) in [6.07, 6.45) is 3.34. The van der Waals surface area contributed by atoms with E-state index in [1.54, 1.807) is 6.20 Å². The minimum absolute atomic E-state index is 0.0125. The van der Waals surface area contributed by atoms with Crippen molar-refractivity contribution in [2.75, 3.05) is 26.2 Å². The highest BCUT2D eigenvalue weighted by Gasteiger charge is 2.32. The van der Waals surface area contributed by atoms with Crippen LogP contribution >= 0.6 is 0 Å².